The maximum Gasteiger partial charge on any atom is 0.122 e. The second-order valence-corrected chi connectivity index (χ2v) is 2.70. The largest absolute Gasteiger partial charge is 0.377 e. The Morgan fingerprint density at radius 1 is 1.08 bits per heavy atom. The smallest absolute Gasteiger partial charge is 0.122 e. The van der Waals surface area contributed by atoms with Gasteiger partial charge in [0.2, 0.25) is 0 Å². The molecule has 3 N–H and O–H groups in total. The minimum atomic E-state index is -0.611. The SMILES string of the molecule is CCNN(C(O)CC)C(O)CC. The van der Waals surface area contributed by atoms with Crippen molar-refractivity contribution in [1.29, 1.82) is 0 Å². The van der Waals surface area contributed by atoms with Crippen molar-refractivity contribution in [3.8, 4) is 0 Å². The fourth-order valence-corrected chi connectivity index (χ4v) is 0.985. The van der Waals surface area contributed by atoms with Crippen molar-refractivity contribution in [1.82, 2.24) is 10.4 Å². The van der Waals surface area contributed by atoms with Crippen molar-refractivity contribution in [2.75, 3.05) is 6.54 Å². The van der Waals surface area contributed by atoms with Gasteiger partial charge in [-0.3, -0.25) is 5.43 Å². The lowest BCUT2D eigenvalue weighted by atomic mass is 10.3. The summed E-state index contributed by atoms with van der Waals surface area (Å²) in [6.45, 7) is 6.38. The molecule has 0 aliphatic rings. The average Bonchev–Trinajstić information content (AvgIpc) is 2.11. The van der Waals surface area contributed by atoms with Crippen LogP contribution in [0, 0.1) is 0 Å². The van der Waals surface area contributed by atoms with Crippen LogP contribution in [0.25, 0.3) is 0 Å². The van der Waals surface area contributed by atoms with E-state index in [-0.39, 0.29) is 0 Å². The van der Waals surface area contributed by atoms with Crippen LogP contribution in [0.3, 0.4) is 0 Å². The summed E-state index contributed by atoms with van der Waals surface area (Å²) in [7, 11) is 0. The number of nitrogens with one attached hydrogen (secondary N) is 1. The molecule has 0 amide bonds. The van der Waals surface area contributed by atoms with Gasteiger partial charge in [0.15, 0.2) is 0 Å². The van der Waals surface area contributed by atoms with E-state index in [1.807, 2.05) is 20.8 Å². The molecule has 0 bridgehead atoms. The van der Waals surface area contributed by atoms with E-state index < -0.39 is 12.5 Å². The summed E-state index contributed by atoms with van der Waals surface area (Å²) < 4.78 is 0. The number of aliphatic hydroxyl groups excluding tert-OH is 2. The first-order valence-corrected chi connectivity index (χ1v) is 4.55. The van der Waals surface area contributed by atoms with Crippen molar-refractivity contribution < 1.29 is 10.2 Å². The van der Waals surface area contributed by atoms with Crippen molar-refractivity contribution in [3.05, 3.63) is 0 Å². The van der Waals surface area contributed by atoms with Gasteiger partial charge in [-0.1, -0.05) is 20.8 Å². The molecule has 0 spiro atoms. The fraction of sp³-hybridized carbons (Fsp3) is 1.00. The number of hydrazine groups is 1. The van der Waals surface area contributed by atoms with Crippen LogP contribution in [0.4, 0.5) is 0 Å². The summed E-state index contributed by atoms with van der Waals surface area (Å²) in [4.78, 5) is 0. The number of aliphatic hydroxyl groups is 2. The third kappa shape index (κ3) is 3.49. The van der Waals surface area contributed by atoms with Crippen LogP contribution in [0.15, 0.2) is 0 Å². The molecule has 0 fully saturated rings. The average molecular weight is 176 g/mol. The highest BCUT2D eigenvalue weighted by Crippen LogP contribution is 2.03. The molecule has 2 atom stereocenters. The van der Waals surface area contributed by atoms with Crippen molar-refractivity contribution in [2.24, 2.45) is 0 Å². The Morgan fingerprint density at radius 3 is 1.75 bits per heavy atom. The zero-order valence-corrected chi connectivity index (χ0v) is 8.12. The monoisotopic (exact) mass is 176 g/mol. The van der Waals surface area contributed by atoms with E-state index in [0.29, 0.717) is 19.4 Å². The van der Waals surface area contributed by atoms with Gasteiger partial charge in [0.05, 0.1) is 0 Å². The van der Waals surface area contributed by atoms with Gasteiger partial charge >= 0.3 is 0 Å². The molecule has 0 saturated carbocycles. The Labute approximate surface area is 74.2 Å². The molecule has 0 saturated heterocycles. The molecule has 0 aromatic rings. The lowest BCUT2D eigenvalue weighted by molar-refractivity contribution is -0.133. The van der Waals surface area contributed by atoms with Gasteiger partial charge in [-0.25, -0.2) is 0 Å². The standard InChI is InChI=1S/C8H20N2O2/c1-4-7(11)10(9-6-3)8(12)5-2/h7-9,11-12H,4-6H2,1-3H3. The highest BCUT2D eigenvalue weighted by atomic mass is 16.3. The molecule has 0 radical (unpaired) electrons. The highest BCUT2D eigenvalue weighted by Gasteiger charge is 2.19. The Kier molecular flexibility index (Phi) is 6.28. The molecule has 4 heteroatoms. The summed E-state index contributed by atoms with van der Waals surface area (Å²) in [5, 5.41) is 20.4. The van der Waals surface area contributed by atoms with E-state index in [9.17, 15) is 10.2 Å². The van der Waals surface area contributed by atoms with Gasteiger partial charge in [-0.05, 0) is 12.8 Å². The topological polar surface area (TPSA) is 55.7 Å². The summed E-state index contributed by atoms with van der Waals surface area (Å²) in [6.07, 6.45) is -0.0199. The van der Waals surface area contributed by atoms with Gasteiger partial charge < -0.3 is 10.2 Å². The van der Waals surface area contributed by atoms with Crippen molar-refractivity contribution >= 4 is 0 Å². The van der Waals surface area contributed by atoms with Crippen LogP contribution >= 0.6 is 0 Å². The van der Waals surface area contributed by atoms with Crippen molar-refractivity contribution in [3.63, 3.8) is 0 Å². The summed E-state index contributed by atoms with van der Waals surface area (Å²) in [6, 6.07) is 0. The van der Waals surface area contributed by atoms with Gasteiger partial charge in [0.1, 0.15) is 12.5 Å². The molecule has 0 aliphatic heterocycles. The minimum Gasteiger partial charge on any atom is -0.377 e. The third-order valence-corrected chi connectivity index (χ3v) is 1.71. The predicted molar refractivity (Wildman–Crippen MR) is 48.1 cm³/mol. The van der Waals surface area contributed by atoms with Crippen LogP contribution in [0.5, 0.6) is 0 Å². The molecule has 0 aromatic heterocycles. The predicted octanol–water partition coefficient (Wildman–Crippen LogP) is 0.270. The van der Waals surface area contributed by atoms with Crippen LogP contribution < -0.4 is 5.43 Å². The van der Waals surface area contributed by atoms with E-state index >= 15 is 0 Å². The summed E-state index contributed by atoms with van der Waals surface area (Å²) in [5.74, 6) is 0. The van der Waals surface area contributed by atoms with Gasteiger partial charge in [0, 0.05) is 6.54 Å². The van der Waals surface area contributed by atoms with Crippen LogP contribution in [0.1, 0.15) is 33.6 Å². The quantitative estimate of drug-likeness (QED) is 0.401. The fourth-order valence-electron chi connectivity index (χ4n) is 0.985. The van der Waals surface area contributed by atoms with Crippen LogP contribution in [-0.2, 0) is 0 Å². The van der Waals surface area contributed by atoms with E-state index in [2.05, 4.69) is 5.43 Å². The molecular formula is C8H20N2O2. The van der Waals surface area contributed by atoms with Crippen LogP contribution in [-0.4, -0.2) is 34.2 Å². The molecule has 2 unspecified atom stereocenters. The third-order valence-electron chi connectivity index (χ3n) is 1.71. The Hall–Kier alpha value is -0.160. The second-order valence-electron chi connectivity index (χ2n) is 2.70. The molecular weight excluding hydrogens is 156 g/mol. The second kappa shape index (κ2) is 6.37. The minimum absolute atomic E-state index is 0.601. The van der Waals surface area contributed by atoms with Gasteiger partial charge in [-0.15, -0.1) is 0 Å². The molecule has 0 rings (SSSR count). The lowest BCUT2D eigenvalue weighted by Gasteiger charge is -2.31. The van der Waals surface area contributed by atoms with Gasteiger partial charge in [-0.2, -0.15) is 5.01 Å². The van der Waals surface area contributed by atoms with Crippen LogP contribution in [0.2, 0.25) is 0 Å². The van der Waals surface area contributed by atoms with E-state index in [1.54, 1.807) is 0 Å². The Morgan fingerprint density at radius 2 is 1.50 bits per heavy atom. The van der Waals surface area contributed by atoms with E-state index in [4.69, 9.17) is 0 Å². The normalized spacial score (nSPS) is 16.5. The Bertz CT molecular complexity index is 101. The molecule has 0 aromatic carbocycles. The zero-order valence-electron chi connectivity index (χ0n) is 8.12. The first-order valence-electron chi connectivity index (χ1n) is 4.55. The number of nitrogens with zero attached hydrogens (tertiary/aromatic N) is 1. The number of hydrogen-bond donors (Lipinski definition) is 3. The highest BCUT2D eigenvalue weighted by molar-refractivity contribution is 4.58. The van der Waals surface area contributed by atoms with E-state index in [1.165, 1.54) is 5.01 Å². The number of hydrogen-bond acceptors (Lipinski definition) is 4. The summed E-state index contributed by atoms with van der Waals surface area (Å²) in [5.41, 5.74) is 2.92. The molecule has 0 aliphatic carbocycles. The van der Waals surface area contributed by atoms with Crippen molar-refractivity contribution in [2.45, 2.75) is 46.1 Å². The summed E-state index contributed by atoms with van der Waals surface area (Å²) >= 11 is 0. The van der Waals surface area contributed by atoms with Gasteiger partial charge in [0.25, 0.3) is 0 Å². The number of rotatable bonds is 6. The molecule has 0 heterocycles. The van der Waals surface area contributed by atoms with E-state index in [0.717, 1.165) is 0 Å². The Balaban J connectivity index is 4.01. The first-order chi connectivity index (χ1) is 5.67. The first kappa shape index (κ1) is 11.8. The molecule has 4 nitrogen and oxygen atoms in total. The zero-order chi connectivity index (χ0) is 9.56. The lowest BCUT2D eigenvalue weighted by Crippen LogP contribution is -2.51. The molecule has 12 heavy (non-hydrogen) atoms. The maximum atomic E-state index is 9.45. The maximum absolute atomic E-state index is 9.45. The molecule has 74 valence electrons.